The van der Waals surface area contributed by atoms with Gasteiger partial charge in [-0.25, -0.2) is 0 Å². The van der Waals surface area contributed by atoms with E-state index in [1.807, 2.05) is 29.9 Å². The molecule has 0 saturated carbocycles. The third kappa shape index (κ3) is 3.18. The summed E-state index contributed by atoms with van der Waals surface area (Å²) in [4.78, 5) is 4.09. The summed E-state index contributed by atoms with van der Waals surface area (Å²) in [5, 5.41) is 20.0. The van der Waals surface area contributed by atoms with Crippen LogP contribution in [-0.2, 0) is 0 Å². The Morgan fingerprint density at radius 2 is 2.24 bits per heavy atom. The van der Waals surface area contributed by atoms with E-state index < -0.39 is 6.10 Å². The molecule has 0 aliphatic carbocycles. The lowest BCUT2D eigenvalue weighted by molar-refractivity contribution is 0.192. The smallest absolute Gasteiger partial charge is 0.0970 e. The Balaban J connectivity index is 1.93. The van der Waals surface area contributed by atoms with Crippen LogP contribution in [-0.4, -0.2) is 23.7 Å². The van der Waals surface area contributed by atoms with Gasteiger partial charge in [-0.15, -0.1) is 0 Å². The molecule has 1 unspecified atom stereocenters. The highest BCUT2D eigenvalue weighted by atomic mass is 32.1. The van der Waals surface area contributed by atoms with Crippen LogP contribution in [0, 0.1) is 0 Å². The Hall–Kier alpha value is -1.59. The van der Waals surface area contributed by atoms with Crippen LogP contribution >= 0.6 is 11.3 Å². The highest BCUT2D eigenvalue weighted by Gasteiger charge is 2.07. The lowest BCUT2D eigenvalue weighted by Crippen LogP contribution is -2.11. The SMILES string of the molecule is CNc1cncc(NCC(O)c2ccsc2)c1. The number of hydrogen-bond donors (Lipinski definition) is 3. The molecule has 0 amide bonds. The summed E-state index contributed by atoms with van der Waals surface area (Å²) < 4.78 is 0. The quantitative estimate of drug-likeness (QED) is 0.761. The first-order chi connectivity index (χ1) is 8.29. The van der Waals surface area contributed by atoms with E-state index in [4.69, 9.17) is 0 Å². The molecule has 2 aromatic heterocycles. The Morgan fingerprint density at radius 1 is 1.41 bits per heavy atom. The predicted octanol–water partition coefficient (Wildman–Crippen LogP) is 2.33. The standard InChI is InChI=1S/C12H15N3OS/c1-13-10-4-11(6-14-5-10)15-7-12(16)9-2-3-17-8-9/h2-6,8,12-13,15-16H,7H2,1H3. The van der Waals surface area contributed by atoms with Gasteiger partial charge < -0.3 is 15.7 Å². The van der Waals surface area contributed by atoms with E-state index in [1.165, 1.54) is 0 Å². The number of pyridine rings is 1. The zero-order valence-electron chi connectivity index (χ0n) is 9.55. The van der Waals surface area contributed by atoms with Crippen LogP contribution in [0.5, 0.6) is 0 Å². The van der Waals surface area contributed by atoms with Crippen molar-refractivity contribution in [1.29, 1.82) is 0 Å². The minimum absolute atomic E-state index is 0.478. The maximum absolute atomic E-state index is 9.91. The Morgan fingerprint density at radius 3 is 2.94 bits per heavy atom. The number of aliphatic hydroxyl groups excluding tert-OH is 1. The van der Waals surface area contributed by atoms with Gasteiger partial charge in [0.2, 0.25) is 0 Å². The van der Waals surface area contributed by atoms with Crippen molar-refractivity contribution in [2.24, 2.45) is 0 Å². The number of rotatable bonds is 5. The van der Waals surface area contributed by atoms with Gasteiger partial charge in [-0.3, -0.25) is 4.98 Å². The van der Waals surface area contributed by atoms with Gasteiger partial charge >= 0.3 is 0 Å². The molecule has 1 atom stereocenters. The number of thiophene rings is 1. The molecule has 2 heterocycles. The minimum Gasteiger partial charge on any atom is -0.387 e. The highest BCUT2D eigenvalue weighted by molar-refractivity contribution is 7.07. The molecule has 4 nitrogen and oxygen atoms in total. The van der Waals surface area contributed by atoms with Gasteiger partial charge in [0.15, 0.2) is 0 Å². The van der Waals surface area contributed by atoms with E-state index >= 15 is 0 Å². The van der Waals surface area contributed by atoms with Gasteiger partial charge in [0.1, 0.15) is 0 Å². The summed E-state index contributed by atoms with van der Waals surface area (Å²) in [6, 6.07) is 3.88. The molecule has 90 valence electrons. The van der Waals surface area contributed by atoms with Crippen molar-refractivity contribution in [3.63, 3.8) is 0 Å². The van der Waals surface area contributed by atoms with Crippen molar-refractivity contribution in [1.82, 2.24) is 4.98 Å². The normalized spacial score (nSPS) is 12.1. The van der Waals surface area contributed by atoms with Crippen LogP contribution in [0.3, 0.4) is 0 Å². The number of nitrogens with one attached hydrogen (secondary N) is 2. The van der Waals surface area contributed by atoms with Crippen LogP contribution < -0.4 is 10.6 Å². The molecule has 0 radical (unpaired) electrons. The van der Waals surface area contributed by atoms with Gasteiger partial charge in [-0.05, 0) is 28.5 Å². The Kier molecular flexibility index (Phi) is 3.95. The fourth-order valence-corrected chi connectivity index (χ4v) is 2.18. The minimum atomic E-state index is -0.487. The van der Waals surface area contributed by atoms with Crippen molar-refractivity contribution in [2.45, 2.75) is 6.10 Å². The maximum Gasteiger partial charge on any atom is 0.0970 e. The topological polar surface area (TPSA) is 57.2 Å². The number of hydrogen-bond acceptors (Lipinski definition) is 5. The Bertz CT molecular complexity index is 459. The van der Waals surface area contributed by atoms with E-state index in [9.17, 15) is 5.11 Å². The molecule has 2 aromatic rings. The van der Waals surface area contributed by atoms with Gasteiger partial charge in [-0.2, -0.15) is 11.3 Å². The summed E-state index contributed by atoms with van der Waals surface area (Å²) in [6.45, 7) is 0.478. The molecule has 3 N–H and O–H groups in total. The lowest BCUT2D eigenvalue weighted by atomic mass is 10.2. The first kappa shape index (κ1) is 11.9. The number of anilines is 2. The fraction of sp³-hybridized carbons (Fsp3) is 0.250. The fourth-order valence-electron chi connectivity index (χ4n) is 1.47. The zero-order valence-corrected chi connectivity index (χ0v) is 10.4. The zero-order chi connectivity index (χ0) is 12.1. The van der Waals surface area contributed by atoms with Crippen LogP contribution in [0.25, 0.3) is 0 Å². The average Bonchev–Trinajstić information content (AvgIpc) is 2.90. The van der Waals surface area contributed by atoms with Crippen LogP contribution in [0.1, 0.15) is 11.7 Å². The van der Waals surface area contributed by atoms with Crippen LogP contribution in [0.2, 0.25) is 0 Å². The van der Waals surface area contributed by atoms with Crippen molar-refractivity contribution in [3.8, 4) is 0 Å². The highest BCUT2D eigenvalue weighted by Crippen LogP contribution is 2.18. The number of aromatic nitrogens is 1. The molecule has 2 rings (SSSR count). The van der Waals surface area contributed by atoms with E-state index in [1.54, 1.807) is 23.7 Å². The predicted molar refractivity (Wildman–Crippen MR) is 71.6 cm³/mol. The van der Waals surface area contributed by atoms with Gasteiger partial charge in [0, 0.05) is 13.6 Å². The van der Waals surface area contributed by atoms with E-state index in [0.29, 0.717) is 6.54 Å². The maximum atomic E-state index is 9.91. The summed E-state index contributed by atoms with van der Waals surface area (Å²) in [5.74, 6) is 0. The van der Waals surface area contributed by atoms with E-state index in [2.05, 4.69) is 15.6 Å². The van der Waals surface area contributed by atoms with Gasteiger partial charge in [0.05, 0.1) is 29.9 Å². The molecule has 0 aliphatic heterocycles. The number of aliphatic hydroxyl groups is 1. The third-order valence-electron chi connectivity index (χ3n) is 2.45. The average molecular weight is 249 g/mol. The largest absolute Gasteiger partial charge is 0.387 e. The third-order valence-corrected chi connectivity index (χ3v) is 3.16. The second-order valence-electron chi connectivity index (χ2n) is 3.67. The van der Waals surface area contributed by atoms with Crippen LogP contribution in [0.4, 0.5) is 11.4 Å². The summed E-state index contributed by atoms with van der Waals surface area (Å²) >= 11 is 1.59. The molecular weight excluding hydrogens is 234 g/mol. The van der Waals surface area contributed by atoms with Crippen molar-refractivity contribution >= 4 is 22.7 Å². The van der Waals surface area contributed by atoms with Gasteiger partial charge in [-0.1, -0.05) is 0 Å². The second kappa shape index (κ2) is 5.65. The molecule has 0 aromatic carbocycles. The second-order valence-corrected chi connectivity index (χ2v) is 4.45. The van der Waals surface area contributed by atoms with E-state index in [0.717, 1.165) is 16.9 Å². The molecular formula is C12H15N3OS. The van der Waals surface area contributed by atoms with Crippen LogP contribution in [0.15, 0.2) is 35.3 Å². The van der Waals surface area contributed by atoms with Crippen molar-refractivity contribution in [2.75, 3.05) is 24.2 Å². The molecule has 5 heteroatoms. The molecule has 0 fully saturated rings. The molecule has 17 heavy (non-hydrogen) atoms. The van der Waals surface area contributed by atoms with Crippen molar-refractivity contribution < 1.29 is 5.11 Å². The summed E-state index contributed by atoms with van der Waals surface area (Å²) in [6.07, 6.45) is 3.00. The Labute approximate surface area is 104 Å². The van der Waals surface area contributed by atoms with Crippen molar-refractivity contribution in [3.05, 3.63) is 40.8 Å². The summed E-state index contributed by atoms with van der Waals surface area (Å²) in [7, 11) is 1.85. The molecule has 0 spiro atoms. The lowest BCUT2D eigenvalue weighted by Gasteiger charge is -2.12. The molecule has 0 aliphatic rings. The first-order valence-electron chi connectivity index (χ1n) is 5.36. The first-order valence-corrected chi connectivity index (χ1v) is 6.30. The molecule has 0 saturated heterocycles. The van der Waals surface area contributed by atoms with E-state index in [-0.39, 0.29) is 0 Å². The molecule has 0 bridgehead atoms. The van der Waals surface area contributed by atoms with Gasteiger partial charge in [0.25, 0.3) is 0 Å². The summed E-state index contributed by atoms with van der Waals surface area (Å²) in [5.41, 5.74) is 2.78. The number of nitrogens with zero attached hydrogens (tertiary/aromatic N) is 1. The monoisotopic (exact) mass is 249 g/mol.